The van der Waals surface area contributed by atoms with Gasteiger partial charge in [-0.15, -0.1) is 0 Å². The maximum Gasteiger partial charge on any atom is 0.130 e. The summed E-state index contributed by atoms with van der Waals surface area (Å²) in [5, 5.41) is 17.6. The number of halogens is 2. The van der Waals surface area contributed by atoms with Crippen LogP contribution in [-0.4, -0.2) is 45.5 Å². The third-order valence-electron chi connectivity index (χ3n) is 5.20. The predicted molar refractivity (Wildman–Crippen MR) is 107 cm³/mol. The van der Waals surface area contributed by atoms with Gasteiger partial charge in [0.15, 0.2) is 0 Å². The fraction of sp³-hybridized carbons (Fsp3) is 0.273. The average Bonchev–Trinajstić information content (AvgIpc) is 3.30. The number of aromatic hydroxyl groups is 1. The van der Waals surface area contributed by atoms with Gasteiger partial charge in [0.2, 0.25) is 0 Å². The van der Waals surface area contributed by atoms with Crippen LogP contribution in [0.1, 0.15) is 28.6 Å². The highest BCUT2D eigenvalue weighted by molar-refractivity contribution is 5.70. The molecule has 8 heteroatoms. The minimum absolute atomic E-state index is 0.156. The zero-order valence-electron chi connectivity index (χ0n) is 16.7. The zero-order valence-corrected chi connectivity index (χ0v) is 16.7. The molecule has 3 aromatic rings. The highest BCUT2D eigenvalue weighted by Crippen LogP contribution is 2.36. The third-order valence-corrected chi connectivity index (χ3v) is 5.20. The molecular weight excluding hydrogens is 390 g/mol. The van der Waals surface area contributed by atoms with Crippen LogP contribution >= 0.6 is 0 Å². The lowest BCUT2D eigenvalue weighted by molar-refractivity contribution is 0.145. The topological polar surface area (TPSA) is 65.6 Å². The van der Waals surface area contributed by atoms with Crippen molar-refractivity contribution >= 4 is 5.57 Å². The molecular formula is C22H22F2N4O2. The number of aromatic nitrogens is 2. The van der Waals surface area contributed by atoms with Crippen molar-refractivity contribution in [2.24, 2.45) is 0 Å². The Morgan fingerprint density at radius 3 is 2.77 bits per heavy atom. The third kappa shape index (κ3) is 4.24. The van der Waals surface area contributed by atoms with E-state index >= 15 is 0 Å². The van der Waals surface area contributed by atoms with Gasteiger partial charge in [-0.2, -0.15) is 0 Å². The molecule has 0 saturated carbocycles. The van der Waals surface area contributed by atoms with Crippen LogP contribution in [0.2, 0.25) is 0 Å². The number of hydrogen-bond acceptors (Lipinski definition) is 6. The quantitative estimate of drug-likeness (QED) is 0.663. The molecule has 6 nitrogen and oxygen atoms in total. The number of phenolic OH excluding ortho intramolecular Hbond substituents is 1. The van der Waals surface area contributed by atoms with Crippen LogP contribution in [0.15, 0.2) is 53.2 Å². The molecule has 4 rings (SSSR count). The smallest absolute Gasteiger partial charge is 0.130 e. The van der Waals surface area contributed by atoms with Crippen molar-refractivity contribution in [1.82, 2.24) is 20.1 Å². The van der Waals surface area contributed by atoms with Gasteiger partial charge in [0.1, 0.15) is 28.8 Å². The van der Waals surface area contributed by atoms with E-state index in [-0.39, 0.29) is 17.4 Å². The number of nitrogens with zero attached hydrogens (tertiary/aromatic N) is 4. The van der Waals surface area contributed by atoms with Crippen LogP contribution in [-0.2, 0) is 6.54 Å². The summed E-state index contributed by atoms with van der Waals surface area (Å²) >= 11 is 0. The molecule has 0 amide bonds. The molecule has 156 valence electrons. The molecule has 2 heterocycles. The predicted octanol–water partition coefficient (Wildman–Crippen LogP) is 3.89. The minimum Gasteiger partial charge on any atom is -0.508 e. The van der Waals surface area contributed by atoms with Gasteiger partial charge < -0.3 is 5.11 Å². The molecule has 1 aliphatic heterocycles. The second-order valence-corrected chi connectivity index (χ2v) is 7.55. The Balaban J connectivity index is 1.61. The van der Waals surface area contributed by atoms with E-state index in [0.29, 0.717) is 25.3 Å². The van der Waals surface area contributed by atoms with Gasteiger partial charge in [-0.25, -0.2) is 13.4 Å². The van der Waals surface area contributed by atoms with Crippen LogP contribution in [0.5, 0.6) is 5.75 Å². The monoisotopic (exact) mass is 412 g/mol. The fourth-order valence-corrected chi connectivity index (χ4v) is 3.75. The van der Waals surface area contributed by atoms with Gasteiger partial charge >= 0.3 is 0 Å². The van der Waals surface area contributed by atoms with E-state index in [4.69, 9.17) is 4.63 Å². The molecule has 0 fully saturated rings. The van der Waals surface area contributed by atoms with E-state index in [2.05, 4.69) is 15.2 Å². The van der Waals surface area contributed by atoms with Gasteiger partial charge in [0.25, 0.3) is 0 Å². The molecule has 1 N–H and O–H groups in total. The number of benzene rings is 2. The summed E-state index contributed by atoms with van der Waals surface area (Å²) in [5.41, 5.74) is 3.30. The molecule has 0 radical (unpaired) electrons. The molecule has 30 heavy (non-hydrogen) atoms. The van der Waals surface area contributed by atoms with Gasteiger partial charge in [0.05, 0.1) is 12.7 Å². The van der Waals surface area contributed by atoms with Crippen LogP contribution < -0.4 is 0 Å². The van der Waals surface area contributed by atoms with Crippen LogP contribution in [0.25, 0.3) is 5.57 Å². The van der Waals surface area contributed by atoms with Crippen LogP contribution in [0.3, 0.4) is 0 Å². The van der Waals surface area contributed by atoms with E-state index in [1.54, 1.807) is 18.2 Å². The molecule has 1 atom stereocenters. The van der Waals surface area contributed by atoms with Crippen molar-refractivity contribution in [2.75, 3.05) is 20.3 Å². The zero-order chi connectivity index (χ0) is 21.3. The normalized spacial score (nSPS) is 17.0. The van der Waals surface area contributed by atoms with Crippen molar-refractivity contribution < 1.29 is 18.5 Å². The first-order valence-corrected chi connectivity index (χ1v) is 9.56. The van der Waals surface area contributed by atoms with E-state index in [1.807, 2.05) is 31.0 Å². The van der Waals surface area contributed by atoms with Gasteiger partial charge in [-0.3, -0.25) is 9.80 Å². The SMILES string of the molecule is Cc1nonc1CN(C)CN1CC(c2cc(F)ccc2F)=CC1c1cccc(O)c1. The molecule has 0 aliphatic carbocycles. The lowest BCUT2D eigenvalue weighted by atomic mass is 10.0. The van der Waals surface area contributed by atoms with Gasteiger partial charge in [-0.05, 0) is 55.4 Å². The molecule has 1 unspecified atom stereocenters. The summed E-state index contributed by atoms with van der Waals surface area (Å²) in [6.07, 6.45) is 1.92. The van der Waals surface area contributed by atoms with Gasteiger partial charge in [0, 0.05) is 18.7 Å². The Labute approximate surface area is 173 Å². The van der Waals surface area contributed by atoms with Crippen LogP contribution in [0, 0.1) is 18.6 Å². The van der Waals surface area contributed by atoms with Crippen molar-refractivity contribution in [2.45, 2.75) is 19.5 Å². The summed E-state index contributed by atoms with van der Waals surface area (Å²) in [6.45, 7) is 3.32. The van der Waals surface area contributed by atoms with E-state index in [9.17, 15) is 13.9 Å². The molecule has 1 aliphatic rings. The van der Waals surface area contributed by atoms with Crippen molar-refractivity contribution in [3.8, 4) is 5.75 Å². The Bertz CT molecular complexity index is 1080. The second kappa shape index (κ2) is 8.33. The number of phenols is 1. The summed E-state index contributed by atoms with van der Waals surface area (Å²) < 4.78 is 32.9. The minimum atomic E-state index is -0.481. The lowest BCUT2D eigenvalue weighted by Gasteiger charge is -2.29. The first-order chi connectivity index (χ1) is 14.4. The number of rotatable bonds is 6. The second-order valence-electron chi connectivity index (χ2n) is 7.55. The van der Waals surface area contributed by atoms with E-state index < -0.39 is 11.6 Å². The van der Waals surface area contributed by atoms with Crippen molar-refractivity contribution in [3.05, 3.63) is 82.7 Å². The van der Waals surface area contributed by atoms with Crippen molar-refractivity contribution in [1.29, 1.82) is 0 Å². The highest BCUT2D eigenvalue weighted by atomic mass is 19.1. The van der Waals surface area contributed by atoms with Gasteiger partial charge in [-0.1, -0.05) is 28.5 Å². The Morgan fingerprint density at radius 2 is 2.03 bits per heavy atom. The largest absolute Gasteiger partial charge is 0.508 e. The fourth-order valence-electron chi connectivity index (χ4n) is 3.75. The lowest BCUT2D eigenvalue weighted by Crippen LogP contribution is -2.36. The Kier molecular flexibility index (Phi) is 5.61. The summed E-state index contributed by atoms with van der Waals surface area (Å²) in [5.74, 6) is -0.786. The van der Waals surface area contributed by atoms with Crippen molar-refractivity contribution in [3.63, 3.8) is 0 Å². The first kappa shape index (κ1) is 20.2. The maximum atomic E-state index is 14.4. The molecule has 0 saturated heterocycles. The maximum absolute atomic E-state index is 14.4. The number of hydrogen-bond donors (Lipinski definition) is 1. The summed E-state index contributed by atoms with van der Waals surface area (Å²) in [6, 6.07) is 10.2. The Morgan fingerprint density at radius 1 is 1.20 bits per heavy atom. The first-order valence-electron chi connectivity index (χ1n) is 9.56. The summed E-state index contributed by atoms with van der Waals surface area (Å²) in [4.78, 5) is 4.17. The molecule has 0 bridgehead atoms. The summed E-state index contributed by atoms with van der Waals surface area (Å²) in [7, 11) is 1.94. The van der Waals surface area contributed by atoms with E-state index in [1.165, 1.54) is 6.07 Å². The number of aryl methyl sites for hydroxylation is 1. The molecule has 2 aromatic carbocycles. The Hall–Kier alpha value is -3.10. The standard InChI is InChI=1S/C22H22F2N4O2/c1-14-21(26-30-25-14)12-27(2)13-28-11-16(19-10-17(23)6-7-20(19)24)9-22(28)15-4-3-5-18(29)8-15/h3-10,22,29H,11-13H2,1-2H3. The van der Waals surface area contributed by atoms with Crippen LogP contribution in [0.4, 0.5) is 8.78 Å². The molecule has 0 spiro atoms. The molecule has 1 aromatic heterocycles. The van der Waals surface area contributed by atoms with E-state index in [0.717, 1.165) is 29.1 Å². The highest BCUT2D eigenvalue weighted by Gasteiger charge is 2.29. The average molecular weight is 412 g/mol.